The first kappa shape index (κ1) is 15.4. The fraction of sp³-hybridized carbons (Fsp3) is 0.917. The molecule has 0 aliphatic carbocycles. The van der Waals surface area contributed by atoms with Gasteiger partial charge in [-0.3, -0.25) is 9.69 Å². The summed E-state index contributed by atoms with van der Waals surface area (Å²) in [4.78, 5) is 13.7. The maximum absolute atomic E-state index is 11.8. The largest absolute Gasteiger partial charge is 0.459 e. The van der Waals surface area contributed by atoms with Crippen LogP contribution in [-0.2, 0) is 9.53 Å². The third kappa shape index (κ3) is 6.08. The van der Waals surface area contributed by atoms with Gasteiger partial charge in [-0.25, -0.2) is 0 Å². The fourth-order valence-corrected chi connectivity index (χ4v) is 1.45. The van der Waals surface area contributed by atoms with Crippen molar-refractivity contribution in [2.24, 2.45) is 0 Å². The second kappa shape index (κ2) is 6.86. The highest BCUT2D eigenvalue weighted by Crippen LogP contribution is 2.11. The van der Waals surface area contributed by atoms with Gasteiger partial charge in [0.2, 0.25) is 0 Å². The van der Waals surface area contributed by atoms with Crippen LogP contribution in [0.2, 0.25) is 0 Å². The number of nitrogens with zero attached hydrogens (tertiary/aromatic N) is 1. The second-order valence-electron chi connectivity index (χ2n) is 4.97. The highest BCUT2D eigenvalue weighted by molar-refractivity contribution is 5.75. The SMILES string of the molecule is CCCN(CCO)C(C)C(=O)OC(C)(C)C. The Morgan fingerprint density at radius 1 is 1.38 bits per heavy atom. The van der Waals surface area contributed by atoms with Crippen LogP contribution in [-0.4, -0.2) is 47.3 Å². The Hall–Kier alpha value is -0.610. The maximum atomic E-state index is 11.8. The van der Waals surface area contributed by atoms with Crippen LogP contribution < -0.4 is 0 Å². The Kier molecular flexibility index (Phi) is 6.60. The molecule has 0 saturated heterocycles. The predicted octanol–water partition coefficient (Wildman–Crippen LogP) is 1.42. The molecule has 0 aliphatic heterocycles. The van der Waals surface area contributed by atoms with Crippen LogP contribution in [0.5, 0.6) is 0 Å². The Bertz CT molecular complexity index is 205. The Morgan fingerprint density at radius 3 is 2.31 bits per heavy atom. The fourth-order valence-electron chi connectivity index (χ4n) is 1.45. The smallest absolute Gasteiger partial charge is 0.323 e. The van der Waals surface area contributed by atoms with Gasteiger partial charge in [-0.2, -0.15) is 0 Å². The molecule has 4 heteroatoms. The van der Waals surface area contributed by atoms with Crippen molar-refractivity contribution in [1.29, 1.82) is 0 Å². The molecule has 0 saturated carbocycles. The summed E-state index contributed by atoms with van der Waals surface area (Å²) in [7, 11) is 0. The molecule has 96 valence electrons. The topological polar surface area (TPSA) is 49.8 Å². The van der Waals surface area contributed by atoms with Crippen LogP contribution in [0.1, 0.15) is 41.0 Å². The molecule has 0 amide bonds. The summed E-state index contributed by atoms with van der Waals surface area (Å²) in [5, 5.41) is 8.93. The standard InChI is InChI=1S/C12H25NO3/c1-6-7-13(8-9-14)10(2)11(15)16-12(3,4)5/h10,14H,6-9H2,1-5H3. The molecule has 1 atom stereocenters. The minimum atomic E-state index is -0.456. The van der Waals surface area contributed by atoms with Gasteiger partial charge in [0, 0.05) is 6.54 Å². The Morgan fingerprint density at radius 2 is 1.94 bits per heavy atom. The highest BCUT2D eigenvalue weighted by atomic mass is 16.6. The molecule has 1 N–H and O–H groups in total. The molecule has 0 heterocycles. The van der Waals surface area contributed by atoms with Crippen molar-refractivity contribution in [3.05, 3.63) is 0 Å². The van der Waals surface area contributed by atoms with Crippen molar-refractivity contribution in [2.45, 2.75) is 52.7 Å². The van der Waals surface area contributed by atoms with Crippen LogP contribution in [0.3, 0.4) is 0 Å². The van der Waals surface area contributed by atoms with Gasteiger partial charge in [0.05, 0.1) is 6.61 Å². The van der Waals surface area contributed by atoms with Gasteiger partial charge in [-0.15, -0.1) is 0 Å². The molecule has 4 nitrogen and oxygen atoms in total. The minimum Gasteiger partial charge on any atom is -0.459 e. The molecule has 0 aromatic rings. The van der Waals surface area contributed by atoms with E-state index in [0.717, 1.165) is 13.0 Å². The van der Waals surface area contributed by atoms with Gasteiger partial charge in [-0.05, 0) is 40.7 Å². The zero-order valence-corrected chi connectivity index (χ0v) is 11.1. The van der Waals surface area contributed by atoms with Gasteiger partial charge in [-0.1, -0.05) is 6.92 Å². The normalized spacial score (nSPS) is 13.9. The Balaban J connectivity index is 4.36. The van der Waals surface area contributed by atoms with Crippen molar-refractivity contribution >= 4 is 5.97 Å². The summed E-state index contributed by atoms with van der Waals surface area (Å²) >= 11 is 0. The van der Waals surface area contributed by atoms with Crippen molar-refractivity contribution < 1.29 is 14.6 Å². The summed E-state index contributed by atoms with van der Waals surface area (Å²) < 4.78 is 5.31. The lowest BCUT2D eigenvalue weighted by molar-refractivity contribution is -0.160. The minimum absolute atomic E-state index is 0.0626. The number of aliphatic hydroxyl groups excluding tert-OH is 1. The third-order valence-electron chi connectivity index (χ3n) is 2.19. The van der Waals surface area contributed by atoms with Crippen molar-refractivity contribution in [3.8, 4) is 0 Å². The van der Waals surface area contributed by atoms with Crippen LogP contribution in [0, 0.1) is 0 Å². The molecule has 0 aromatic carbocycles. The van der Waals surface area contributed by atoms with Crippen LogP contribution in [0.25, 0.3) is 0 Å². The number of ether oxygens (including phenoxy) is 1. The van der Waals surface area contributed by atoms with E-state index in [1.807, 2.05) is 39.5 Å². The van der Waals surface area contributed by atoms with E-state index < -0.39 is 5.60 Å². The molecule has 0 aromatic heterocycles. The maximum Gasteiger partial charge on any atom is 0.323 e. The lowest BCUT2D eigenvalue weighted by Crippen LogP contribution is -2.44. The highest BCUT2D eigenvalue weighted by Gasteiger charge is 2.25. The number of rotatable bonds is 6. The summed E-state index contributed by atoms with van der Waals surface area (Å²) in [6, 6.07) is -0.300. The first-order valence-electron chi connectivity index (χ1n) is 5.89. The summed E-state index contributed by atoms with van der Waals surface area (Å²) in [5.74, 6) is -0.227. The second-order valence-corrected chi connectivity index (χ2v) is 4.97. The van der Waals surface area contributed by atoms with E-state index in [1.54, 1.807) is 0 Å². The van der Waals surface area contributed by atoms with E-state index in [2.05, 4.69) is 0 Å². The predicted molar refractivity (Wildman–Crippen MR) is 64.3 cm³/mol. The van der Waals surface area contributed by atoms with E-state index in [0.29, 0.717) is 6.54 Å². The molecule has 0 rings (SSSR count). The number of carbonyl (C=O) groups excluding carboxylic acids is 1. The van der Waals surface area contributed by atoms with Gasteiger partial charge in [0.1, 0.15) is 11.6 Å². The van der Waals surface area contributed by atoms with Crippen LogP contribution >= 0.6 is 0 Å². The van der Waals surface area contributed by atoms with Crippen molar-refractivity contribution in [3.63, 3.8) is 0 Å². The zero-order chi connectivity index (χ0) is 12.8. The molecule has 16 heavy (non-hydrogen) atoms. The van der Waals surface area contributed by atoms with Gasteiger partial charge >= 0.3 is 5.97 Å². The third-order valence-corrected chi connectivity index (χ3v) is 2.19. The number of esters is 1. The van der Waals surface area contributed by atoms with E-state index in [9.17, 15) is 4.79 Å². The van der Waals surface area contributed by atoms with Gasteiger partial charge < -0.3 is 9.84 Å². The quantitative estimate of drug-likeness (QED) is 0.702. The Labute approximate surface area is 98.6 Å². The first-order chi connectivity index (χ1) is 7.31. The summed E-state index contributed by atoms with van der Waals surface area (Å²) in [6.45, 7) is 10.8. The monoisotopic (exact) mass is 231 g/mol. The summed E-state index contributed by atoms with van der Waals surface area (Å²) in [5.41, 5.74) is -0.456. The number of aliphatic hydroxyl groups is 1. The summed E-state index contributed by atoms with van der Waals surface area (Å²) in [6.07, 6.45) is 0.952. The average Bonchev–Trinajstić information content (AvgIpc) is 2.13. The van der Waals surface area contributed by atoms with E-state index in [1.165, 1.54) is 0 Å². The number of hydrogen-bond donors (Lipinski definition) is 1. The van der Waals surface area contributed by atoms with E-state index in [4.69, 9.17) is 9.84 Å². The van der Waals surface area contributed by atoms with E-state index in [-0.39, 0.29) is 18.6 Å². The lowest BCUT2D eigenvalue weighted by Gasteiger charge is -2.29. The molecular formula is C12H25NO3. The van der Waals surface area contributed by atoms with Crippen LogP contribution in [0.15, 0.2) is 0 Å². The van der Waals surface area contributed by atoms with E-state index >= 15 is 0 Å². The van der Waals surface area contributed by atoms with Crippen molar-refractivity contribution in [1.82, 2.24) is 4.90 Å². The molecule has 0 radical (unpaired) electrons. The molecule has 0 bridgehead atoms. The zero-order valence-electron chi connectivity index (χ0n) is 11.1. The van der Waals surface area contributed by atoms with Gasteiger partial charge in [0.15, 0.2) is 0 Å². The average molecular weight is 231 g/mol. The lowest BCUT2D eigenvalue weighted by atomic mass is 10.2. The van der Waals surface area contributed by atoms with Gasteiger partial charge in [0.25, 0.3) is 0 Å². The molecule has 0 spiro atoms. The molecule has 1 unspecified atom stereocenters. The number of carbonyl (C=O) groups is 1. The van der Waals surface area contributed by atoms with Crippen LogP contribution in [0.4, 0.5) is 0 Å². The van der Waals surface area contributed by atoms with Crippen molar-refractivity contribution in [2.75, 3.05) is 19.7 Å². The number of hydrogen-bond acceptors (Lipinski definition) is 4. The first-order valence-corrected chi connectivity index (χ1v) is 5.89. The molecular weight excluding hydrogens is 206 g/mol. The molecule has 0 fully saturated rings. The molecule has 0 aliphatic rings.